The van der Waals surface area contributed by atoms with Crippen molar-refractivity contribution in [3.8, 4) is 0 Å². The molecule has 2 aromatic rings. The van der Waals surface area contributed by atoms with E-state index in [1.165, 1.54) is 28.6 Å². The minimum Gasteiger partial charge on any atom is -0.465 e. The molecule has 0 spiro atoms. The summed E-state index contributed by atoms with van der Waals surface area (Å²) in [6.45, 7) is 2.04. The lowest BCUT2D eigenvalue weighted by Gasteiger charge is -2.10. The van der Waals surface area contributed by atoms with Gasteiger partial charge in [-0.15, -0.1) is 0 Å². The van der Waals surface area contributed by atoms with Crippen LogP contribution in [0.3, 0.4) is 0 Å². The van der Waals surface area contributed by atoms with Gasteiger partial charge >= 0.3 is 11.9 Å². The van der Waals surface area contributed by atoms with E-state index in [0.717, 1.165) is 31.9 Å². The van der Waals surface area contributed by atoms with E-state index >= 15 is 0 Å². The number of esters is 2. The highest BCUT2D eigenvalue weighted by atomic mass is 32.2. The summed E-state index contributed by atoms with van der Waals surface area (Å²) in [5, 5.41) is 0. The first-order chi connectivity index (χ1) is 14.2. The number of nitrogens with zero attached hydrogens (tertiary/aromatic N) is 1. The number of carbonyl (C=O) groups is 2. The lowest BCUT2D eigenvalue weighted by atomic mass is 10.0. The quantitative estimate of drug-likeness (QED) is 0.229. The number of methoxy groups -OCH3 is 2. The lowest BCUT2D eigenvalue weighted by Crippen LogP contribution is -2.16. The fraction of sp³-hybridized carbons (Fsp3) is 0.238. The molecule has 7 nitrogen and oxygen atoms in total. The fourth-order valence-electron chi connectivity index (χ4n) is 3.04. The van der Waals surface area contributed by atoms with E-state index in [-0.39, 0.29) is 17.0 Å². The van der Waals surface area contributed by atoms with Gasteiger partial charge in [-0.1, -0.05) is 23.8 Å². The molecule has 0 amide bonds. The number of hydrogen-bond acceptors (Lipinski definition) is 6. The van der Waals surface area contributed by atoms with Crippen molar-refractivity contribution >= 4 is 28.0 Å². The number of carbonyl (C=O) groups excluding carboxylic acids is 2. The van der Waals surface area contributed by atoms with Crippen LogP contribution >= 0.6 is 0 Å². The van der Waals surface area contributed by atoms with E-state index in [4.69, 9.17) is 0 Å². The molecule has 1 fully saturated rings. The van der Waals surface area contributed by atoms with Crippen molar-refractivity contribution in [1.29, 1.82) is 0 Å². The third-order valence-electron chi connectivity index (χ3n) is 4.71. The monoisotopic (exact) mass is 433 g/mol. The third kappa shape index (κ3) is 4.27. The first kappa shape index (κ1) is 21.7. The summed E-state index contributed by atoms with van der Waals surface area (Å²) in [6.07, 6.45) is 1.14. The number of ether oxygens (including phenoxy) is 2. The van der Waals surface area contributed by atoms with Gasteiger partial charge in [-0.05, 0) is 48.4 Å². The maximum absolute atomic E-state index is 13.9. The molecule has 0 aromatic heterocycles. The lowest BCUT2D eigenvalue weighted by molar-refractivity contribution is -0.143. The van der Waals surface area contributed by atoms with Gasteiger partial charge in [0.2, 0.25) is 10.0 Å². The molecule has 158 valence electrons. The molecule has 9 heteroatoms. The Morgan fingerprint density at radius 3 is 2.23 bits per heavy atom. The Kier molecular flexibility index (Phi) is 6.04. The number of hydrogen-bond donors (Lipinski definition) is 0. The summed E-state index contributed by atoms with van der Waals surface area (Å²) in [5.74, 6) is -2.50. The average molecular weight is 433 g/mol. The molecular weight excluding hydrogens is 413 g/mol. The first-order valence-electron chi connectivity index (χ1n) is 8.95. The molecule has 2 aromatic carbocycles. The Labute approximate surface area is 173 Å². The SMILES string of the molecule is COC(=O)C(=Cc1cc(F)ccc1C1CN1S(=O)(=O)c1ccc(C)cc1)C(=O)OC. The van der Waals surface area contributed by atoms with Gasteiger partial charge in [0, 0.05) is 6.54 Å². The van der Waals surface area contributed by atoms with E-state index in [2.05, 4.69) is 9.47 Å². The molecule has 1 heterocycles. The van der Waals surface area contributed by atoms with Gasteiger partial charge in [-0.3, -0.25) is 0 Å². The maximum Gasteiger partial charge on any atom is 0.345 e. The number of aryl methyl sites for hydroxylation is 1. The van der Waals surface area contributed by atoms with Gasteiger partial charge in [-0.25, -0.2) is 22.4 Å². The Hall–Kier alpha value is -3.04. The minimum absolute atomic E-state index is 0.152. The second kappa shape index (κ2) is 8.37. The highest BCUT2D eigenvalue weighted by Crippen LogP contribution is 2.42. The highest BCUT2D eigenvalue weighted by molar-refractivity contribution is 7.89. The van der Waals surface area contributed by atoms with Crippen LogP contribution in [0.25, 0.3) is 6.08 Å². The summed E-state index contributed by atoms with van der Waals surface area (Å²) in [5.41, 5.74) is 1.14. The average Bonchev–Trinajstić information content (AvgIpc) is 3.53. The molecule has 1 saturated heterocycles. The van der Waals surface area contributed by atoms with Gasteiger partial charge in [0.15, 0.2) is 0 Å². The molecule has 2 atom stereocenters. The van der Waals surface area contributed by atoms with E-state index in [1.54, 1.807) is 12.1 Å². The summed E-state index contributed by atoms with van der Waals surface area (Å²) >= 11 is 0. The van der Waals surface area contributed by atoms with E-state index in [0.29, 0.717) is 5.56 Å². The molecule has 1 aliphatic heterocycles. The van der Waals surface area contributed by atoms with Crippen molar-refractivity contribution in [2.75, 3.05) is 20.8 Å². The maximum atomic E-state index is 13.9. The van der Waals surface area contributed by atoms with E-state index in [1.807, 2.05) is 6.92 Å². The molecule has 0 radical (unpaired) electrons. The van der Waals surface area contributed by atoms with Crippen LogP contribution in [0.2, 0.25) is 0 Å². The Morgan fingerprint density at radius 1 is 1.07 bits per heavy atom. The standard InChI is InChI=1S/C21H20FNO6S/c1-13-4-7-16(8-5-13)30(26,27)23-12-19(23)17-9-6-15(22)10-14(17)11-18(20(24)28-2)21(25)29-3/h4-11,19H,12H2,1-3H3. The van der Waals surface area contributed by atoms with Crippen LogP contribution in [-0.2, 0) is 29.1 Å². The number of benzene rings is 2. The smallest absolute Gasteiger partial charge is 0.345 e. The molecule has 0 N–H and O–H groups in total. The van der Waals surface area contributed by atoms with Crippen molar-refractivity contribution in [3.63, 3.8) is 0 Å². The molecule has 0 saturated carbocycles. The van der Waals surface area contributed by atoms with Gasteiger partial charge in [0.05, 0.1) is 25.2 Å². The van der Waals surface area contributed by atoms with Crippen LogP contribution in [0.1, 0.15) is 22.7 Å². The van der Waals surface area contributed by atoms with Crippen molar-refractivity contribution in [3.05, 3.63) is 70.5 Å². The highest BCUT2D eigenvalue weighted by Gasteiger charge is 2.46. The van der Waals surface area contributed by atoms with Crippen LogP contribution < -0.4 is 0 Å². The number of rotatable bonds is 6. The molecule has 0 bridgehead atoms. The topological polar surface area (TPSA) is 89.8 Å². The summed E-state index contributed by atoms with van der Waals surface area (Å²) in [4.78, 5) is 24.0. The van der Waals surface area contributed by atoms with Gasteiger partial charge in [-0.2, -0.15) is 4.31 Å². The second-order valence-corrected chi connectivity index (χ2v) is 8.61. The number of halogens is 1. The number of sulfonamides is 1. The van der Waals surface area contributed by atoms with Crippen LogP contribution in [0.4, 0.5) is 4.39 Å². The zero-order valence-corrected chi connectivity index (χ0v) is 17.4. The van der Waals surface area contributed by atoms with Crippen LogP contribution in [-0.4, -0.2) is 45.4 Å². The zero-order valence-electron chi connectivity index (χ0n) is 16.6. The van der Waals surface area contributed by atoms with E-state index in [9.17, 15) is 22.4 Å². The van der Waals surface area contributed by atoms with Crippen molar-refractivity contribution in [2.45, 2.75) is 17.9 Å². The summed E-state index contributed by atoms with van der Waals surface area (Å²) < 4.78 is 50.1. The second-order valence-electron chi connectivity index (χ2n) is 6.72. The summed E-state index contributed by atoms with van der Waals surface area (Å²) in [6, 6.07) is 9.65. The Balaban J connectivity index is 1.99. The van der Waals surface area contributed by atoms with Crippen LogP contribution in [0.15, 0.2) is 52.9 Å². The van der Waals surface area contributed by atoms with Crippen molar-refractivity contribution in [1.82, 2.24) is 4.31 Å². The first-order valence-corrected chi connectivity index (χ1v) is 10.4. The predicted molar refractivity (Wildman–Crippen MR) is 106 cm³/mol. The Morgan fingerprint density at radius 2 is 1.67 bits per heavy atom. The third-order valence-corrected chi connectivity index (χ3v) is 6.60. The normalized spacial score (nSPS) is 17.7. The van der Waals surface area contributed by atoms with Gasteiger partial charge in [0.25, 0.3) is 0 Å². The largest absolute Gasteiger partial charge is 0.465 e. The van der Waals surface area contributed by atoms with Gasteiger partial charge < -0.3 is 9.47 Å². The molecule has 30 heavy (non-hydrogen) atoms. The van der Waals surface area contributed by atoms with Crippen molar-refractivity contribution < 1.29 is 31.9 Å². The molecule has 2 unspecified atom stereocenters. The molecule has 3 rings (SSSR count). The Bertz CT molecular complexity index is 1110. The molecular formula is C21H20FNO6S. The predicted octanol–water partition coefficient (Wildman–Crippen LogP) is 2.61. The van der Waals surface area contributed by atoms with Gasteiger partial charge in [0.1, 0.15) is 11.4 Å². The molecule has 0 aliphatic carbocycles. The molecule has 1 aliphatic rings. The van der Waals surface area contributed by atoms with E-state index < -0.39 is 39.4 Å². The zero-order chi connectivity index (χ0) is 22.1. The van der Waals surface area contributed by atoms with Crippen LogP contribution in [0, 0.1) is 12.7 Å². The fourth-order valence-corrected chi connectivity index (χ4v) is 4.58. The minimum atomic E-state index is -3.74. The summed E-state index contributed by atoms with van der Waals surface area (Å²) in [7, 11) is -1.54. The van der Waals surface area contributed by atoms with Crippen molar-refractivity contribution in [2.24, 2.45) is 0 Å². The van der Waals surface area contributed by atoms with Crippen LogP contribution in [0.5, 0.6) is 0 Å².